The van der Waals surface area contributed by atoms with E-state index in [2.05, 4.69) is 10.4 Å². The molecule has 0 amide bonds. The molecule has 22 heavy (non-hydrogen) atoms. The molecule has 0 unspecified atom stereocenters. The first-order valence-electron chi connectivity index (χ1n) is 7.87. The van der Waals surface area contributed by atoms with Crippen LogP contribution < -0.4 is 10.9 Å². The Morgan fingerprint density at radius 3 is 2.86 bits per heavy atom. The molecule has 1 atom stereocenters. The molecule has 2 heterocycles. The molecule has 7 heteroatoms. The number of hydrogen-bond donors (Lipinski definition) is 1. The Hall–Kier alpha value is -1.11. The van der Waals surface area contributed by atoms with Crippen molar-refractivity contribution in [2.75, 3.05) is 18.5 Å². The molecule has 6 nitrogen and oxygen atoms in total. The highest BCUT2D eigenvalue weighted by Crippen LogP contribution is 2.36. The van der Waals surface area contributed by atoms with E-state index in [9.17, 15) is 4.79 Å². The summed E-state index contributed by atoms with van der Waals surface area (Å²) >= 11 is 6.04. The summed E-state index contributed by atoms with van der Waals surface area (Å²) in [5.41, 5.74) is 0.227. The number of hydrogen-bond acceptors (Lipinski definition) is 5. The normalized spacial score (nSPS) is 24.4. The first-order chi connectivity index (χ1) is 10.6. The molecule has 2 fully saturated rings. The second kappa shape index (κ2) is 6.56. The summed E-state index contributed by atoms with van der Waals surface area (Å²) in [6.45, 7) is 1.12. The number of nitrogens with zero attached hydrogens (tertiary/aromatic N) is 2. The third-order valence-electron chi connectivity index (χ3n) is 4.38. The first-order valence-corrected chi connectivity index (χ1v) is 8.25. The summed E-state index contributed by atoms with van der Waals surface area (Å²) in [4.78, 5) is 11.7. The number of halogens is 1. The lowest BCUT2D eigenvalue weighted by atomic mass is 10.1. The minimum Gasteiger partial charge on any atom is -0.380 e. The molecule has 2 aliphatic rings. The molecule has 1 aliphatic carbocycles. The predicted octanol–water partition coefficient (Wildman–Crippen LogP) is 2.31. The van der Waals surface area contributed by atoms with E-state index < -0.39 is 5.79 Å². The standard InChI is InChI=1S/C15H22ClN3O3/c1-19-14(20)13(16)12(9-18-19)17-8-11-10-21-15(22-11)6-4-2-3-5-7-15/h9,11,17H,2-8,10H2,1H3/t11-/m0/s1. The first kappa shape index (κ1) is 15.8. The van der Waals surface area contributed by atoms with Crippen LogP contribution in [0.5, 0.6) is 0 Å². The molecule has 122 valence electrons. The van der Waals surface area contributed by atoms with Gasteiger partial charge >= 0.3 is 0 Å². The van der Waals surface area contributed by atoms with Crippen LogP contribution in [0.2, 0.25) is 5.02 Å². The third kappa shape index (κ3) is 3.29. The van der Waals surface area contributed by atoms with Crippen LogP contribution >= 0.6 is 11.6 Å². The van der Waals surface area contributed by atoms with Gasteiger partial charge in [0.15, 0.2) is 5.79 Å². The highest BCUT2D eigenvalue weighted by atomic mass is 35.5. The van der Waals surface area contributed by atoms with Crippen molar-refractivity contribution in [1.82, 2.24) is 9.78 Å². The van der Waals surface area contributed by atoms with E-state index in [1.54, 1.807) is 13.2 Å². The number of nitrogens with one attached hydrogen (secondary N) is 1. The zero-order valence-electron chi connectivity index (χ0n) is 12.8. The summed E-state index contributed by atoms with van der Waals surface area (Å²) in [5.74, 6) is -0.391. The average Bonchev–Trinajstić information content (AvgIpc) is 2.76. The summed E-state index contributed by atoms with van der Waals surface area (Å²) in [5, 5.41) is 7.27. The van der Waals surface area contributed by atoms with Gasteiger partial charge < -0.3 is 14.8 Å². The third-order valence-corrected chi connectivity index (χ3v) is 4.74. The lowest BCUT2D eigenvalue weighted by Gasteiger charge is -2.26. The Kier molecular flexibility index (Phi) is 4.70. The predicted molar refractivity (Wildman–Crippen MR) is 84.2 cm³/mol. The molecule has 0 bridgehead atoms. The number of anilines is 1. The van der Waals surface area contributed by atoms with Gasteiger partial charge in [0.05, 0.1) is 18.5 Å². The van der Waals surface area contributed by atoms with Crippen LogP contribution in [-0.4, -0.2) is 34.8 Å². The van der Waals surface area contributed by atoms with E-state index in [0.29, 0.717) is 18.8 Å². The Bertz CT molecular complexity index is 582. The monoisotopic (exact) mass is 327 g/mol. The second-order valence-corrected chi connectivity index (χ2v) is 6.44. The van der Waals surface area contributed by atoms with Crippen LogP contribution in [-0.2, 0) is 16.5 Å². The molecular formula is C15H22ClN3O3. The minimum atomic E-state index is -0.391. The molecule has 0 aromatic carbocycles. The van der Waals surface area contributed by atoms with E-state index in [4.69, 9.17) is 21.1 Å². The maximum absolute atomic E-state index is 11.7. The van der Waals surface area contributed by atoms with Crippen LogP contribution in [0.25, 0.3) is 0 Å². The second-order valence-electron chi connectivity index (χ2n) is 6.06. The molecule has 1 saturated carbocycles. The van der Waals surface area contributed by atoms with Gasteiger partial charge in [0.2, 0.25) is 0 Å². The van der Waals surface area contributed by atoms with Gasteiger partial charge in [0, 0.05) is 26.4 Å². The van der Waals surface area contributed by atoms with Crippen LogP contribution in [0.1, 0.15) is 38.5 Å². The van der Waals surface area contributed by atoms with Crippen LogP contribution in [0.15, 0.2) is 11.0 Å². The highest BCUT2D eigenvalue weighted by molar-refractivity contribution is 6.32. The maximum Gasteiger partial charge on any atom is 0.287 e. The van der Waals surface area contributed by atoms with Gasteiger partial charge in [-0.1, -0.05) is 24.4 Å². The number of aryl methyl sites for hydroxylation is 1. The fourth-order valence-corrected chi connectivity index (χ4v) is 3.34. The van der Waals surface area contributed by atoms with E-state index in [1.165, 1.54) is 17.5 Å². The molecule has 3 rings (SSSR count). The number of ether oxygens (including phenoxy) is 2. The van der Waals surface area contributed by atoms with Crippen molar-refractivity contribution in [3.8, 4) is 0 Å². The summed E-state index contributed by atoms with van der Waals surface area (Å²) in [6, 6.07) is 0. The number of rotatable bonds is 3. The Labute approximate surface area is 134 Å². The van der Waals surface area contributed by atoms with Crippen molar-refractivity contribution in [3.05, 3.63) is 21.6 Å². The molecule has 1 N–H and O–H groups in total. The molecule has 1 aromatic rings. The fourth-order valence-electron chi connectivity index (χ4n) is 3.10. The summed E-state index contributed by atoms with van der Waals surface area (Å²) in [7, 11) is 1.57. The molecule has 1 spiro atoms. The van der Waals surface area contributed by atoms with Crippen molar-refractivity contribution in [2.45, 2.75) is 50.4 Å². The quantitative estimate of drug-likeness (QED) is 0.923. The molecule has 1 aromatic heterocycles. The summed E-state index contributed by atoms with van der Waals surface area (Å²) < 4.78 is 13.3. The summed E-state index contributed by atoms with van der Waals surface area (Å²) in [6.07, 6.45) is 8.29. The highest BCUT2D eigenvalue weighted by Gasteiger charge is 2.41. The van der Waals surface area contributed by atoms with Crippen molar-refractivity contribution >= 4 is 17.3 Å². The smallest absolute Gasteiger partial charge is 0.287 e. The van der Waals surface area contributed by atoms with Crippen LogP contribution in [0.3, 0.4) is 0 Å². The van der Waals surface area contributed by atoms with E-state index >= 15 is 0 Å². The zero-order chi connectivity index (χ0) is 15.6. The number of aromatic nitrogens is 2. The molecule has 1 aliphatic heterocycles. The average molecular weight is 328 g/mol. The van der Waals surface area contributed by atoms with Gasteiger partial charge in [0.1, 0.15) is 11.1 Å². The van der Waals surface area contributed by atoms with Crippen molar-refractivity contribution in [2.24, 2.45) is 7.05 Å². The lowest BCUT2D eigenvalue weighted by Crippen LogP contribution is -2.32. The Balaban J connectivity index is 1.59. The fraction of sp³-hybridized carbons (Fsp3) is 0.733. The van der Waals surface area contributed by atoms with Crippen molar-refractivity contribution < 1.29 is 9.47 Å². The van der Waals surface area contributed by atoms with Crippen LogP contribution in [0, 0.1) is 0 Å². The van der Waals surface area contributed by atoms with Gasteiger partial charge in [-0.3, -0.25) is 4.79 Å². The molecule has 1 saturated heterocycles. The molecule has 0 radical (unpaired) electrons. The van der Waals surface area contributed by atoms with Gasteiger partial charge in [-0.05, 0) is 12.8 Å². The lowest BCUT2D eigenvalue weighted by molar-refractivity contribution is -0.174. The SMILES string of the molecule is Cn1ncc(NC[C@H]2COC3(CCCCCC3)O2)c(Cl)c1=O. The largest absolute Gasteiger partial charge is 0.380 e. The topological polar surface area (TPSA) is 65.4 Å². The van der Waals surface area contributed by atoms with Gasteiger partial charge in [-0.2, -0.15) is 5.10 Å². The van der Waals surface area contributed by atoms with Crippen LogP contribution in [0.4, 0.5) is 5.69 Å². The van der Waals surface area contributed by atoms with Gasteiger partial charge in [-0.25, -0.2) is 4.68 Å². The van der Waals surface area contributed by atoms with Crippen molar-refractivity contribution in [1.29, 1.82) is 0 Å². The van der Waals surface area contributed by atoms with E-state index in [1.807, 2.05) is 0 Å². The minimum absolute atomic E-state index is 0.0294. The van der Waals surface area contributed by atoms with E-state index in [-0.39, 0.29) is 16.7 Å². The van der Waals surface area contributed by atoms with E-state index in [0.717, 1.165) is 25.7 Å². The van der Waals surface area contributed by atoms with Gasteiger partial charge in [0.25, 0.3) is 5.56 Å². The Morgan fingerprint density at radius 2 is 2.14 bits per heavy atom. The molecular weight excluding hydrogens is 306 g/mol. The maximum atomic E-state index is 11.7. The Morgan fingerprint density at radius 1 is 1.41 bits per heavy atom. The zero-order valence-corrected chi connectivity index (χ0v) is 13.6. The van der Waals surface area contributed by atoms with Crippen molar-refractivity contribution in [3.63, 3.8) is 0 Å². The van der Waals surface area contributed by atoms with Gasteiger partial charge in [-0.15, -0.1) is 0 Å².